The Labute approximate surface area is 195 Å². The van der Waals surface area contributed by atoms with Crippen LogP contribution < -0.4 is 5.32 Å². The first kappa shape index (κ1) is 21.3. The highest BCUT2D eigenvalue weighted by atomic mass is 35.5. The number of nitrogens with one attached hydrogen (secondary N) is 1. The summed E-state index contributed by atoms with van der Waals surface area (Å²) >= 11 is 12.5. The molecule has 1 N–H and O–H groups in total. The summed E-state index contributed by atoms with van der Waals surface area (Å²) in [6.45, 7) is 2.78. The Morgan fingerprint density at radius 3 is 2.78 bits per heavy atom. The first-order valence-electron chi connectivity index (χ1n) is 10.7. The highest BCUT2D eigenvalue weighted by Gasteiger charge is 2.22. The van der Waals surface area contributed by atoms with Crippen molar-refractivity contribution in [1.29, 1.82) is 0 Å². The number of halogens is 3. The first-order valence-corrected chi connectivity index (χ1v) is 11.5. The van der Waals surface area contributed by atoms with Crippen molar-refractivity contribution in [2.24, 2.45) is 5.92 Å². The van der Waals surface area contributed by atoms with Crippen molar-refractivity contribution in [3.63, 3.8) is 0 Å². The summed E-state index contributed by atoms with van der Waals surface area (Å²) in [6, 6.07) is 12.3. The van der Waals surface area contributed by atoms with Gasteiger partial charge in [-0.2, -0.15) is 0 Å². The van der Waals surface area contributed by atoms with Crippen LogP contribution in [0.1, 0.15) is 17.8 Å². The predicted octanol–water partition coefficient (Wildman–Crippen LogP) is 5.33. The number of hydrogen-bond donors (Lipinski definition) is 1. The van der Waals surface area contributed by atoms with Gasteiger partial charge in [0.05, 0.1) is 11.2 Å². The lowest BCUT2D eigenvalue weighted by Gasteiger charge is -2.14. The van der Waals surface area contributed by atoms with Gasteiger partial charge in [0.1, 0.15) is 23.0 Å². The van der Waals surface area contributed by atoms with E-state index in [9.17, 15) is 4.39 Å². The van der Waals surface area contributed by atoms with Gasteiger partial charge in [-0.15, -0.1) is 0 Å². The number of rotatable bonds is 6. The van der Waals surface area contributed by atoms with E-state index in [2.05, 4.69) is 14.9 Å². The number of fused-ring (bicyclic) bond motifs is 1. The van der Waals surface area contributed by atoms with Crippen LogP contribution in [0.3, 0.4) is 0 Å². The van der Waals surface area contributed by atoms with E-state index >= 15 is 0 Å². The quantitative estimate of drug-likeness (QED) is 0.414. The van der Waals surface area contributed by atoms with E-state index in [1.54, 1.807) is 18.3 Å². The minimum absolute atomic E-state index is 0.268. The molecule has 5 nitrogen and oxygen atoms in total. The minimum Gasteiger partial charge on any atom is -0.316 e. The fourth-order valence-electron chi connectivity index (χ4n) is 4.21. The maximum atomic E-state index is 14.1. The average Bonchev–Trinajstić information content (AvgIpc) is 3.43. The van der Waals surface area contributed by atoms with Gasteiger partial charge in [-0.3, -0.25) is 0 Å². The summed E-state index contributed by atoms with van der Waals surface area (Å²) in [7, 11) is 0. The number of aryl methyl sites for hydroxylation is 2. The Hall–Kier alpha value is -2.54. The highest BCUT2D eigenvalue weighted by Crippen LogP contribution is 2.31. The van der Waals surface area contributed by atoms with Gasteiger partial charge in [0.15, 0.2) is 5.65 Å². The van der Waals surface area contributed by atoms with Crippen molar-refractivity contribution in [1.82, 2.24) is 24.8 Å². The molecule has 3 heterocycles. The van der Waals surface area contributed by atoms with E-state index < -0.39 is 0 Å². The normalized spacial score (nSPS) is 16.2. The topological polar surface area (TPSA) is 55.6 Å². The first-order chi connectivity index (χ1) is 15.6. The van der Waals surface area contributed by atoms with Crippen LogP contribution in [-0.4, -0.2) is 32.6 Å². The van der Waals surface area contributed by atoms with Gasteiger partial charge in [-0.1, -0.05) is 35.3 Å². The summed E-state index contributed by atoms with van der Waals surface area (Å²) in [4.78, 5) is 14.1. The lowest BCUT2D eigenvalue weighted by atomic mass is 10.1. The SMILES string of the molecule is Fc1ccc(Cl)cc1CCc1ncc2nc(-c3ccccc3Cl)n(CC3CCNC3)c2n1. The predicted molar refractivity (Wildman–Crippen MR) is 126 cm³/mol. The van der Waals surface area contributed by atoms with Crippen molar-refractivity contribution in [2.45, 2.75) is 25.8 Å². The summed E-state index contributed by atoms with van der Waals surface area (Å²) < 4.78 is 16.3. The zero-order valence-electron chi connectivity index (χ0n) is 17.4. The Morgan fingerprint density at radius 2 is 1.97 bits per heavy atom. The van der Waals surface area contributed by atoms with Crippen LogP contribution >= 0.6 is 23.2 Å². The fourth-order valence-corrected chi connectivity index (χ4v) is 4.62. The molecule has 1 aliphatic rings. The van der Waals surface area contributed by atoms with Crippen molar-refractivity contribution in [2.75, 3.05) is 13.1 Å². The molecular weight excluding hydrogens is 448 g/mol. The van der Waals surface area contributed by atoms with Crippen molar-refractivity contribution >= 4 is 34.4 Å². The molecule has 1 aliphatic heterocycles. The summed E-state index contributed by atoms with van der Waals surface area (Å²) in [5, 5.41) is 4.59. The maximum Gasteiger partial charge on any atom is 0.164 e. The number of benzene rings is 2. The third-order valence-electron chi connectivity index (χ3n) is 5.88. The molecule has 0 spiro atoms. The van der Waals surface area contributed by atoms with Crippen LogP contribution in [0.15, 0.2) is 48.7 Å². The van der Waals surface area contributed by atoms with Crippen molar-refractivity contribution < 1.29 is 4.39 Å². The zero-order chi connectivity index (χ0) is 22.1. The van der Waals surface area contributed by atoms with Gasteiger partial charge < -0.3 is 9.88 Å². The summed E-state index contributed by atoms with van der Waals surface area (Å²) in [5.74, 6) is 1.67. The van der Waals surface area contributed by atoms with Gasteiger partial charge in [-0.05, 0) is 67.7 Å². The van der Waals surface area contributed by atoms with Crippen LogP contribution in [0, 0.1) is 11.7 Å². The second kappa shape index (κ2) is 9.14. The lowest BCUT2D eigenvalue weighted by Crippen LogP contribution is -2.16. The molecule has 0 radical (unpaired) electrons. The van der Waals surface area contributed by atoms with E-state index in [0.29, 0.717) is 40.2 Å². The van der Waals surface area contributed by atoms with Gasteiger partial charge in [0.25, 0.3) is 0 Å². The molecule has 0 bridgehead atoms. The second-order valence-corrected chi connectivity index (χ2v) is 8.96. The van der Waals surface area contributed by atoms with Gasteiger partial charge in [0, 0.05) is 23.6 Å². The smallest absolute Gasteiger partial charge is 0.164 e. The molecule has 1 unspecified atom stereocenters. The summed E-state index contributed by atoms with van der Waals surface area (Å²) in [6.07, 6.45) is 3.82. The van der Waals surface area contributed by atoms with Crippen LogP contribution in [0.25, 0.3) is 22.6 Å². The largest absolute Gasteiger partial charge is 0.316 e. The molecule has 1 saturated heterocycles. The zero-order valence-corrected chi connectivity index (χ0v) is 18.9. The van der Waals surface area contributed by atoms with Crippen molar-refractivity contribution in [3.8, 4) is 11.4 Å². The number of imidazole rings is 1. The standard InChI is InChI=1S/C24H22Cl2FN5/c25-17-6-7-20(27)16(11-17)5-8-22-29-13-21-24(31-22)32(14-15-9-10-28-12-15)23(30-21)18-3-1-2-4-19(18)26/h1-4,6-7,11,13,15,28H,5,8-10,12,14H2. The number of nitrogens with zero attached hydrogens (tertiary/aromatic N) is 4. The van der Waals surface area contributed by atoms with Gasteiger partial charge in [-0.25, -0.2) is 19.3 Å². The van der Waals surface area contributed by atoms with Crippen LogP contribution in [0.4, 0.5) is 4.39 Å². The van der Waals surface area contributed by atoms with Crippen LogP contribution in [0.5, 0.6) is 0 Å². The molecule has 0 aliphatic carbocycles. The van der Waals surface area contributed by atoms with Gasteiger partial charge in [0.2, 0.25) is 0 Å². The Bertz CT molecular complexity index is 1270. The second-order valence-electron chi connectivity index (χ2n) is 8.12. The molecule has 164 valence electrons. The number of hydrogen-bond acceptors (Lipinski definition) is 4. The van der Waals surface area contributed by atoms with E-state index in [-0.39, 0.29) is 5.82 Å². The van der Waals surface area contributed by atoms with E-state index in [0.717, 1.165) is 48.6 Å². The summed E-state index contributed by atoms with van der Waals surface area (Å²) in [5.41, 5.74) is 2.94. The van der Waals surface area contributed by atoms with E-state index in [1.165, 1.54) is 6.07 Å². The third-order valence-corrected chi connectivity index (χ3v) is 6.45. The van der Waals surface area contributed by atoms with Crippen LogP contribution in [0.2, 0.25) is 10.0 Å². The average molecular weight is 470 g/mol. The fraction of sp³-hybridized carbons (Fsp3) is 0.292. The highest BCUT2D eigenvalue weighted by molar-refractivity contribution is 6.33. The molecular formula is C24H22Cl2FN5. The molecule has 5 rings (SSSR count). The van der Waals surface area contributed by atoms with Crippen LogP contribution in [-0.2, 0) is 19.4 Å². The third kappa shape index (κ3) is 4.35. The minimum atomic E-state index is -0.268. The Morgan fingerprint density at radius 1 is 1.09 bits per heavy atom. The molecule has 2 aromatic heterocycles. The van der Waals surface area contributed by atoms with Crippen molar-refractivity contribution in [3.05, 3.63) is 75.9 Å². The molecule has 32 heavy (non-hydrogen) atoms. The molecule has 0 saturated carbocycles. The molecule has 4 aromatic rings. The molecule has 0 amide bonds. The van der Waals surface area contributed by atoms with E-state index in [1.807, 2.05) is 24.3 Å². The molecule has 1 fully saturated rings. The monoisotopic (exact) mass is 469 g/mol. The number of aromatic nitrogens is 4. The lowest BCUT2D eigenvalue weighted by molar-refractivity contribution is 0.490. The Balaban J connectivity index is 1.52. The van der Waals surface area contributed by atoms with E-state index in [4.69, 9.17) is 33.2 Å². The van der Waals surface area contributed by atoms with Gasteiger partial charge >= 0.3 is 0 Å². The molecule has 2 aromatic carbocycles. The Kier molecular flexibility index (Phi) is 6.09. The molecule has 1 atom stereocenters. The maximum absolute atomic E-state index is 14.1. The molecule has 8 heteroatoms.